The number of rotatable bonds is 2. The molecule has 0 aliphatic carbocycles. The van der Waals surface area contributed by atoms with Gasteiger partial charge in [0.15, 0.2) is 0 Å². The molecule has 0 heterocycles. The summed E-state index contributed by atoms with van der Waals surface area (Å²) in [6.45, 7) is 3.27. The molecule has 0 saturated carbocycles. The number of hydrogen-bond donors (Lipinski definition) is 3. The fourth-order valence-corrected chi connectivity index (χ4v) is 1.43. The van der Waals surface area contributed by atoms with E-state index in [4.69, 9.17) is 16.7 Å². The summed E-state index contributed by atoms with van der Waals surface area (Å²) in [6, 6.07) is 1.22. The first-order valence-corrected chi connectivity index (χ1v) is 4.44. The van der Waals surface area contributed by atoms with Crippen LogP contribution in [0.1, 0.15) is 31.8 Å². The second-order valence-electron chi connectivity index (χ2n) is 3.35. The molecule has 1 aromatic rings. The number of hydrogen-bond acceptors (Lipinski definition) is 5. The predicted octanol–water partition coefficient (Wildman–Crippen LogP) is 0.614. The summed E-state index contributed by atoms with van der Waals surface area (Å²) in [4.78, 5) is 26.4. The highest BCUT2D eigenvalue weighted by atomic mass is 16.7. The van der Waals surface area contributed by atoms with Gasteiger partial charge in [0, 0.05) is 5.69 Å². The maximum atomic E-state index is 11.4. The zero-order chi connectivity index (χ0) is 12.5. The second kappa shape index (κ2) is 4.19. The number of carboxylic acids is 1. The lowest BCUT2D eigenvalue weighted by atomic mass is 9.96. The lowest BCUT2D eigenvalue weighted by molar-refractivity contribution is 0.0492. The second-order valence-corrected chi connectivity index (χ2v) is 3.35. The molecule has 0 radical (unpaired) electrons. The third kappa shape index (κ3) is 1.82. The molecule has 6 nitrogen and oxygen atoms in total. The zero-order valence-corrected chi connectivity index (χ0v) is 8.90. The van der Waals surface area contributed by atoms with E-state index in [0.29, 0.717) is 16.8 Å². The monoisotopic (exact) mass is 224 g/mol. The Bertz CT molecular complexity index is 468. The van der Waals surface area contributed by atoms with E-state index >= 15 is 0 Å². The highest BCUT2D eigenvalue weighted by molar-refractivity contribution is 6.04. The van der Waals surface area contributed by atoms with Gasteiger partial charge in [0.1, 0.15) is 0 Å². The summed E-state index contributed by atoms with van der Waals surface area (Å²) in [7, 11) is 0. The number of carbonyl (C=O) groups excluding carboxylic acids is 1. The van der Waals surface area contributed by atoms with E-state index in [0.717, 1.165) is 0 Å². The minimum Gasteiger partial charge on any atom is -0.478 e. The third-order valence-corrected chi connectivity index (χ3v) is 2.48. The molecule has 6 heteroatoms. The van der Waals surface area contributed by atoms with Crippen molar-refractivity contribution in [3.05, 3.63) is 28.3 Å². The molecule has 5 N–H and O–H groups in total. The van der Waals surface area contributed by atoms with Crippen LogP contribution in [-0.2, 0) is 4.84 Å². The van der Waals surface area contributed by atoms with Crippen molar-refractivity contribution in [1.29, 1.82) is 0 Å². The molecule has 0 aliphatic heterocycles. The Morgan fingerprint density at radius 1 is 1.31 bits per heavy atom. The molecule has 0 saturated heterocycles. The van der Waals surface area contributed by atoms with Crippen LogP contribution in [-0.4, -0.2) is 17.0 Å². The first kappa shape index (κ1) is 12.0. The molecule has 1 aromatic carbocycles. The summed E-state index contributed by atoms with van der Waals surface area (Å²) >= 11 is 0. The standard InChI is InChI=1S/C10H12N2O4/c1-4-5(2)8(10(15)16-12)6(9(13)14)3-7(4)11/h3H,11-12H2,1-2H3,(H,13,14). The number of anilines is 1. The molecular weight excluding hydrogens is 212 g/mol. The van der Waals surface area contributed by atoms with Crippen molar-refractivity contribution in [2.24, 2.45) is 5.90 Å². The predicted molar refractivity (Wildman–Crippen MR) is 56.9 cm³/mol. The molecule has 1 rings (SSSR count). The van der Waals surface area contributed by atoms with Gasteiger partial charge in [-0.3, -0.25) is 0 Å². The summed E-state index contributed by atoms with van der Waals surface area (Å²) in [5.74, 6) is 2.61. The van der Waals surface area contributed by atoms with Crippen molar-refractivity contribution in [3.63, 3.8) is 0 Å². The largest absolute Gasteiger partial charge is 0.478 e. The van der Waals surface area contributed by atoms with E-state index in [1.807, 2.05) is 0 Å². The minimum absolute atomic E-state index is 0.0679. The molecular formula is C10H12N2O4. The Balaban J connectivity index is 3.60. The SMILES string of the molecule is Cc1c(N)cc(C(=O)O)c(C(=O)ON)c1C. The Kier molecular flexibility index (Phi) is 3.14. The summed E-state index contributed by atoms with van der Waals surface area (Å²) in [5, 5.41) is 8.95. The first-order chi connectivity index (χ1) is 7.40. The van der Waals surface area contributed by atoms with E-state index < -0.39 is 11.9 Å². The van der Waals surface area contributed by atoms with Gasteiger partial charge in [0.2, 0.25) is 0 Å². The van der Waals surface area contributed by atoms with Gasteiger partial charge in [0.05, 0.1) is 11.1 Å². The Labute approximate surface area is 91.8 Å². The molecule has 0 fully saturated rings. The Morgan fingerprint density at radius 2 is 1.88 bits per heavy atom. The highest BCUT2D eigenvalue weighted by Crippen LogP contribution is 2.24. The fraction of sp³-hybridized carbons (Fsp3) is 0.200. The normalized spacial score (nSPS) is 9.94. The van der Waals surface area contributed by atoms with E-state index in [2.05, 4.69) is 4.84 Å². The number of carboxylic acid groups (broad SMARTS) is 1. The average Bonchev–Trinajstić information content (AvgIpc) is 2.24. The third-order valence-electron chi connectivity index (χ3n) is 2.48. The van der Waals surface area contributed by atoms with Crippen LogP contribution in [0.15, 0.2) is 6.07 Å². The molecule has 0 amide bonds. The maximum Gasteiger partial charge on any atom is 0.357 e. The minimum atomic E-state index is -1.25. The van der Waals surface area contributed by atoms with Crippen molar-refractivity contribution >= 4 is 17.6 Å². The molecule has 0 unspecified atom stereocenters. The van der Waals surface area contributed by atoms with Gasteiger partial charge in [-0.05, 0) is 31.0 Å². The topological polar surface area (TPSA) is 116 Å². The van der Waals surface area contributed by atoms with Crippen molar-refractivity contribution in [3.8, 4) is 0 Å². The van der Waals surface area contributed by atoms with Crippen LogP contribution in [0.3, 0.4) is 0 Å². The number of benzene rings is 1. The fourth-order valence-electron chi connectivity index (χ4n) is 1.43. The zero-order valence-electron chi connectivity index (χ0n) is 8.90. The van der Waals surface area contributed by atoms with Crippen LogP contribution in [0.4, 0.5) is 5.69 Å². The van der Waals surface area contributed by atoms with Gasteiger partial charge >= 0.3 is 11.9 Å². The molecule has 0 bridgehead atoms. The molecule has 0 aromatic heterocycles. The van der Waals surface area contributed by atoms with Crippen molar-refractivity contribution in [2.45, 2.75) is 13.8 Å². The summed E-state index contributed by atoms with van der Waals surface area (Å²) in [5.41, 5.74) is 6.73. The lowest BCUT2D eigenvalue weighted by Gasteiger charge is -2.12. The quantitative estimate of drug-likeness (QED) is 0.500. The number of nitrogen functional groups attached to an aromatic ring is 1. The van der Waals surface area contributed by atoms with Gasteiger partial charge in [-0.1, -0.05) is 0 Å². The number of nitrogens with two attached hydrogens (primary N) is 2. The van der Waals surface area contributed by atoms with Crippen LogP contribution in [0.2, 0.25) is 0 Å². The molecule has 86 valence electrons. The van der Waals surface area contributed by atoms with E-state index in [9.17, 15) is 9.59 Å². The molecule has 0 aliphatic rings. The van der Waals surface area contributed by atoms with Crippen LogP contribution in [0.25, 0.3) is 0 Å². The van der Waals surface area contributed by atoms with Crippen LogP contribution >= 0.6 is 0 Å². The highest BCUT2D eigenvalue weighted by Gasteiger charge is 2.22. The van der Waals surface area contributed by atoms with Crippen LogP contribution < -0.4 is 11.6 Å². The number of carbonyl (C=O) groups is 2. The van der Waals surface area contributed by atoms with Gasteiger partial charge < -0.3 is 15.7 Å². The van der Waals surface area contributed by atoms with E-state index in [-0.39, 0.29) is 11.1 Å². The van der Waals surface area contributed by atoms with Gasteiger partial charge in [-0.15, -0.1) is 0 Å². The van der Waals surface area contributed by atoms with Crippen molar-refractivity contribution in [2.75, 3.05) is 5.73 Å². The van der Waals surface area contributed by atoms with Crippen molar-refractivity contribution < 1.29 is 19.5 Å². The summed E-state index contributed by atoms with van der Waals surface area (Å²) in [6.07, 6.45) is 0. The lowest BCUT2D eigenvalue weighted by Crippen LogP contribution is -2.18. The van der Waals surface area contributed by atoms with Crippen LogP contribution in [0.5, 0.6) is 0 Å². The Hall–Kier alpha value is -2.08. The maximum absolute atomic E-state index is 11.4. The van der Waals surface area contributed by atoms with E-state index in [1.54, 1.807) is 13.8 Å². The first-order valence-electron chi connectivity index (χ1n) is 4.44. The van der Waals surface area contributed by atoms with Gasteiger partial charge in [-0.25, -0.2) is 9.59 Å². The smallest absolute Gasteiger partial charge is 0.357 e. The van der Waals surface area contributed by atoms with Crippen molar-refractivity contribution in [1.82, 2.24) is 0 Å². The molecule has 16 heavy (non-hydrogen) atoms. The van der Waals surface area contributed by atoms with Gasteiger partial charge in [-0.2, -0.15) is 5.90 Å². The van der Waals surface area contributed by atoms with E-state index in [1.165, 1.54) is 6.07 Å². The summed E-state index contributed by atoms with van der Waals surface area (Å²) < 4.78 is 0. The molecule has 0 atom stereocenters. The molecule has 0 spiro atoms. The van der Waals surface area contributed by atoms with Crippen LogP contribution in [0, 0.1) is 13.8 Å². The average molecular weight is 224 g/mol. The number of aromatic carboxylic acids is 1. The van der Waals surface area contributed by atoms with Gasteiger partial charge in [0.25, 0.3) is 0 Å². The Morgan fingerprint density at radius 3 is 2.31 bits per heavy atom.